The molecule has 17 heavy (non-hydrogen) atoms. The first kappa shape index (κ1) is 12.2. The molecular weight excluding hydrogens is 214 g/mol. The number of benzene rings is 1. The Bertz CT molecular complexity index is 378. The van der Waals surface area contributed by atoms with E-state index in [4.69, 9.17) is 9.47 Å². The lowest BCUT2D eigenvalue weighted by atomic mass is 10.2. The molecule has 0 amide bonds. The molecule has 2 atom stereocenters. The van der Waals surface area contributed by atoms with Crippen molar-refractivity contribution in [2.45, 2.75) is 38.9 Å². The number of aryl methyl sites for hydroxylation is 1. The van der Waals surface area contributed by atoms with Gasteiger partial charge in [-0.25, -0.2) is 0 Å². The summed E-state index contributed by atoms with van der Waals surface area (Å²) in [5.41, 5.74) is 2.25. The summed E-state index contributed by atoms with van der Waals surface area (Å²) in [6, 6.07) is 6.19. The summed E-state index contributed by atoms with van der Waals surface area (Å²) in [5, 5.41) is 3.40. The van der Waals surface area contributed by atoms with E-state index in [1.54, 1.807) is 7.11 Å². The van der Waals surface area contributed by atoms with Crippen LogP contribution in [0.4, 0.5) is 5.69 Å². The summed E-state index contributed by atoms with van der Waals surface area (Å²) in [6.07, 6.45) is 3.04. The van der Waals surface area contributed by atoms with Crippen molar-refractivity contribution in [1.82, 2.24) is 0 Å². The molecule has 0 spiro atoms. The lowest BCUT2D eigenvalue weighted by Gasteiger charge is -2.15. The number of anilines is 1. The molecule has 1 aromatic carbocycles. The number of nitrogens with one attached hydrogen (secondary N) is 1. The second-order valence-electron chi connectivity index (χ2n) is 4.73. The second-order valence-corrected chi connectivity index (χ2v) is 4.73. The Labute approximate surface area is 103 Å². The van der Waals surface area contributed by atoms with Gasteiger partial charge < -0.3 is 14.8 Å². The molecule has 2 unspecified atom stereocenters. The average Bonchev–Trinajstić information content (AvgIpc) is 2.73. The molecular formula is C14H21NO2. The molecule has 1 fully saturated rings. The van der Waals surface area contributed by atoms with Gasteiger partial charge in [0.05, 0.1) is 25.0 Å². The second kappa shape index (κ2) is 5.41. The van der Waals surface area contributed by atoms with E-state index in [9.17, 15) is 0 Å². The minimum Gasteiger partial charge on any atom is -0.495 e. The van der Waals surface area contributed by atoms with Crippen LogP contribution >= 0.6 is 0 Å². The van der Waals surface area contributed by atoms with E-state index in [1.165, 1.54) is 5.56 Å². The van der Waals surface area contributed by atoms with Gasteiger partial charge in [0.25, 0.3) is 0 Å². The van der Waals surface area contributed by atoms with Gasteiger partial charge in [0.1, 0.15) is 5.75 Å². The van der Waals surface area contributed by atoms with Crippen LogP contribution in [0.15, 0.2) is 18.2 Å². The van der Waals surface area contributed by atoms with Crippen molar-refractivity contribution in [3.05, 3.63) is 23.8 Å². The minimum atomic E-state index is 0.330. The number of ether oxygens (including phenoxy) is 2. The standard InChI is InChI=1S/C14H21NO2/c1-10-4-7-13(14(8-10)16-3)15-9-12-6-5-11(2)17-12/h4,7-8,11-12,15H,5-6,9H2,1-3H3. The van der Waals surface area contributed by atoms with Crippen LogP contribution in [-0.2, 0) is 4.74 Å². The van der Waals surface area contributed by atoms with E-state index >= 15 is 0 Å². The number of methoxy groups -OCH3 is 1. The summed E-state index contributed by atoms with van der Waals surface area (Å²) in [6.45, 7) is 5.05. The van der Waals surface area contributed by atoms with Gasteiger partial charge in [0, 0.05) is 6.54 Å². The smallest absolute Gasteiger partial charge is 0.142 e. The lowest BCUT2D eigenvalue weighted by molar-refractivity contribution is 0.0637. The fraction of sp³-hybridized carbons (Fsp3) is 0.571. The van der Waals surface area contributed by atoms with E-state index in [2.05, 4.69) is 31.3 Å². The van der Waals surface area contributed by atoms with E-state index in [-0.39, 0.29) is 0 Å². The van der Waals surface area contributed by atoms with Crippen molar-refractivity contribution in [2.24, 2.45) is 0 Å². The summed E-state index contributed by atoms with van der Waals surface area (Å²) in [7, 11) is 1.70. The molecule has 2 rings (SSSR count). The third-order valence-electron chi connectivity index (χ3n) is 3.20. The van der Waals surface area contributed by atoms with E-state index in [1.807, 2.05) is 6.07 Å². The molecule has 0 aromatic heterocycles. The maximum atomic E-state index is 5.78. The molecule has 1 N–H and O–H groups in total. The Morgan fingerprint density at radius 1 is 1.41 bits per heavy atom. The van der Waals surface area contributed by atoms with Gasteiger partial charge in [0.15, 0.2) is 0 Å². The number of rotatable bonds is 4. The van der Waals surface area contributed by atoms with Gasteiger partial charge in [-0.05, 0) is 44.4 Å². The third kappa shape index (κ3) is 3.13. The zero-order valence-corrected chi connectivity index (χ0v) is 10.8. The molecule has 1 saturated heterocycles. The topological polar surface area (TPSA) is 30.5 Å². The van der Waals surface area contributed by atoms with Gasteiger partial charge in [-0.15, -0.1) is 0 Å². The van der Waals surface area contributed by atoms with Gasteiger partial charge in [-0.2, -0.15) is 0 Å². The van der Waals surface area contributed by atoms with Crippen LogP contribution in [0.3, 0.4) is 0 Å². The molecule has 1 aliphatic heterocycles. The average molecular weight is 235 g/mol. The fourth-order valence-corrected chi connectivity index (χ4v) is 2.20. The Morgan fingerprint density at radius 2 is 2.24 bits per heavy atom. The van der Waals surface area contributed by atoms with Crippen molar-refractivity contribution in [2.75, 3.05) is 19.0 Å². The van der Waals surface area contributed by atoms with Crippen molar-refractivity contribution in [3.8, 4) is 5.75 Å². The van der Waals surface area contributed by atoms with Crippen molar-refractivity contribution in [1.29, 1.82) is 0 Å². The summed E-state index contributed by atoms with van der Waals surface area (Å²) < 4.78 is 11.1. The summed E-state index contributed by atoms with van der Waals surface area (Å²) in [5.74, 6) is 0.899. The summed E-state index contributed by atoms with van der Waals surface area (Å²) >= 11 is 0. The predicted molar refractivity (Wildman–Crippen MR) is 69.8 cm³/mol. The van der Waals surface area contributed by atoms with Gasteiger partial charge in [0.2, 0.25) is 0 Å². The molecule has 0 radical (unpaired) electrons. The lowest BCUT2D eigenvalue weighted by Crippen LogP contribution is -2.20. The van der Waals surface area contributed by atoms with E-state index < -0.39 is 0 Å². The normalized spacial score (nSPS) is 23.7. The van der Waals surface area contributed by atoms with Crippen LogP contribution in [0.1, 0.15) is 25.3 Å². The molecule has 1 aromatic rings. The van der Waals surface area contributed by atoms with Crippen molar-refractivity contribution < 1.29 is 9.47 Å². The molecule has 0 aliphatic carbocycles. The first-order valence-electron chi connectivity index (χ1n) is 6.23. The molecule has 94 valence electrons. The van der Waals surface area contributed by atoms with Crippen molar-refractivity contribution in [3.63, 3.8) is 0 Å². The van der Waals surface area contributed by atoms with Crippen LogP contribution in [0.25, 0.3) is 0 Å². The first-order chi connectivity index (χ1) is 8.19. The van der Waals surface area contributed by atoms with Gasteiger partial charge >= 0.3 is 0 Å². The highest BCUT2D eigenvalue weighted by molar-refractivity contribution is 5.57. The highest BCUT2D eigenvalue weighted by Crippen LogP contribution is 2.26. The quantitative estimate of drug-likeness (QED) is 0.870. The van der Waals surface area contributed by atoms with Crippen LogP contribution in [-0.4, -0.2) is 25.9 Å². The maximum Gasteiger partial charge on any atom is 0.142 e. The van der Waals surface area contributed by atoms with Gasteiger partial charge in [-0.1, -0.05) is 6.07 Å². The third-order valence-corrected chi connectivity index (χ3v) is 3.20. The van der Waals surface area contributed by atoms with E-state index in [0.29, 0.717) is 12.2 Å². The molecule has 0 bridgehead atoms. The van der Waals surface area contributed by atoms with E-state index in [0.717, 1.165) is 30.8 Å². The Hall–Kier alpha value is -1.22. The number of hydrogen-bond acceptors (Lipinski definition) is 3. The zero-order chi connectivity index (χ0) is 12.3. The van der Waals surface area contributed by atoms with Crippen LogP contribution in [0.2, 0.25) is 0 Å². The molecule has 3 nitrogen and oxygen atoms in total. The maximum absolute atomic E-state index is 5.78. The first-order valence-corrected chi connectivity index (χ1v) is 6.23. The monoisotopic (exact) mass is 235 g/mol. The van der Waals surface area contributed by atoms with Crippen LogP contribution in [0, 0.1) is 6.92 Å². The Balaban J connectivity index is 1.94. The molecule has 3 heteroatoms. The van der Waals surface area contributed by atoms with Gasteiger partial charge in [-0.3, -0.25) is 0 Å². The summed E-state index contributed by atoms with van der Waals surface area (Å²) in [4.78, 5) is 0. The fourth-order valence-electron chi connectivity index (χ4n) is 2.20. The number of hydrogen-bond donors (Lipinski definition) is 1. The minimum absolute atomic E-state index is 0.330. The Kier molecular flexibility index (Phi) is 3.89. The zero-order valence-electron chi connectivity index (χ0n) is 10.8. The highest BCUT2D eigenvalue weighted by atomic mass is 16.5. The van der Waals surface area contributed by atoms with Crippen LogP contribution < -0.4 is 10.1 Å². The molecule has 0 saturated carbocycles. The van der Waals surface area contributed by atoms with Crippen LogP contribution in [0.5, 0.6) is 5.75 Å². The van der Waals surface area contributed by atoms with Crippen molar-refractivity contribution >= 4 is 5.69 Å². The predicted octanol–water partition coefficient (Wildman–Crippen LogP) is 2.98. The largest absolute Gasteiger partial charge is 0.495 e. The molecule has 1 aliphatic rings. The molecule has 1 heterocycles. The SMILES string of the molecule is COc1cc(C)ccc1NCC1CCC(C)O1. The Morgan fingerprint density at radius 3 is 2.88 bits per heavy atom. The highest BCUT2D eigenvalue weighted by Gasteiger charge is 2.21.